The van der Waals surface area contributed by atoms with Crippen molar-refractivity contribution < 1.29 is 9.26 Å². The zero-order valence-corrected chi connectivity index (χ0v) is 25.3. The molecule has 8 heteroatoms. The van der Waals surface area contributed by atoms with Crippen LogP contribution in [0.2, 0.25) is 0 Å². The van der Waals surface area contributed by atoms with E-state index in [9.17, 15) is 9.59 Å². The van der Waals surface area contributed by atoms with Gasteiger partial charge >= 0.3 is 5.76 Å². The first-order valence-corrected chi connectivity index (χ1v) is 15.6. The van der Waals surface area contributed by atoms with E-state index < -0.39 is 5.76 Å². The molecule has 0 spiro atoms. The Morgan fingerprint density at radius 3 is 2.34 bits per heavy atom. The quantitative estimate of drug-likeness (QED) is 0.185. The maximum Gasteiger partial charge on any atom is 0.439 e. The van der Waals surface area contributed by atoms with Gasteiger partial charge < -0.3 is 4.74 Å². The number of aromatic amines is 1. The van der Waals surface area contributed by atoms with Gasteiger partial charge in [-0.3, -0.25) is 18.9 Å². The fourth-order valence-corrected chi connectivity index (χ4v) is 6.09. The average Bonchev–Trinajstić information content (AvgIpc) is 3.49. The fraction of sp³-hybridized carbons (Fsp3) is 0.333. The predicted octanol–water partition coefficient (Wildman–Crippen LogP) is 7.20. The van der Waals surface area contributed by atoms with Crippen LogP contribution in [-0.2, 0) is 12.8 Å². The molecule has 5 aromatic rings. The monoisotopic (exact) mass is 590 g/mol. The van der Waals surface area contributed by atoms with Crippen LogP contribution < -0.4 is 16.1 Å². The molecule has 226 valence electrons. The van der Waals surface area contributed by atoms with Crippen molar-refractivity contribution in [2.75, 3.05) is 0 Å². The van der Waals surface area contributed by atoms with Gasteiger partial charge in [-0.15, -0.1) is 0 Å². The molecule has 1 aliphatic carbocycles. The summed E-state index contributed by atoms with van der Waals surface area (Å²) in [6, 6.07) is 23.7. The average molecular weight is 591 g/mol. The maximum absolute atomic E-state index is 14.1. The highest BCUT2D eigenvalue weighted by molar-refractivity contribution is 5.80. The minimum Gasteiger partial charge on any atom is -0.490 e. The summed E-state index contributed by atoms with van der Waals surface area (Å²) in [6.07, 6.45) is 9.43. The highest BCUT2D eigenvalue weighted by atomic mass is 16.5. The van der Waals surface area contributed by atoms with E-state index in [1.807, 2.05) is 79.7 Å². The van der Waals surface area contributed by atoms with Gasteiger partial charge in [0.25, 0.3) is 5.56 Å². The Morgan fingerprint density at radius 2 is 1.66 bits per heavy atom. The smallest absolute Gasteiger partial charge is 0.439 e. The van der Waals surface area contributed by atoms with Crippen molar-refractivity contribution in [2.24, 2.45) is 0 Å². The van der Waals surface area contributed by atoms with Crippen molar-refractivity contribution in [2.45, 2.75) is 77.7 Å². The number of hydrogen-bond donors (Lipinski definition) is 1. The zero-order valence-electron chi connectivity index (χ0n) is 25.3. The third kappa shape index (κ3) is 6.44. The molecule has 3 aromatic carbocycles. The second-order valence-electron chi connectivity index (χ2n) is 11.6. The lowest BCUT2D eigenvalue weighted by Crippen LogP contribution is -2.28. The molecule has 0 bridgehead atoms. The molecule has 0 aliphatic heterocycles. The molecule has 6 rings (SSSR count). The van der Waals surface area contributed by atoms with Crippen LogP contribution in [0.4, 0.5) is 0 Å². The third-order valence-electron chi connectivity index (χ3n) is 8.42. The summed E-state index contributed by atoms with van der Waals surface area (Å²) in [6.45, 7) is 4.05. The number of benzene rings is 3. The molecular weight excluding hydrogens is 552 g/mol. The minimum absolute atomic E-state index is 0.0334. The molecule has 44 heavy (non-hydrogen) atoms. The van der Waals surface area contributed by atoms with Crippen LogP contribution in [0.15, 0.2) is 86.9 Å². The maximum atomic E-state index is 14.1. The van der Waals surface area contributed by atoms with Gasteiger partial charge in [-0.2, -0.15) is 0 Å². The predicted molar refractivity (Wildman–Crippen MR) is 171 cm³/mol. The van der Waals surface area contributed by atoms with E-state index in [4.69, 9.17) is 14.2 Å². The fourth-order valence-electron chi connectivity index (χ4n) is 6.09. The van der Waals surface area contributed by atoms with Gasteiger partial charge in [-0.05, 0) is 86.4 Å². The van der Waals surface area contributed by atoms with Crippen molar-refractivity contribution in [3.8, 4) is 34.0 Å². The summed E-state index contributed by atoms with van der Waals surface area (Å²) in [5.74, 6) is 1.32. The van der Waals surface area contributed by atoms with Crippen molar-refractivity contribution >= 4 is 0 Å². The molecule has 0 atom stereocenters. The minimum atomic E-state index is -0.592. The van der Waals surface area contributed by atoms with E-state index >= 15 is 0 Å². The molecule has 1 aliphatic rings. The largest absolute Gasteiger partial charge is 0.490 e. The van der Waals surface area contributed by atoms with Gasteiger partial charge in [0.1, 0.15) is 11.6 Å². The number of H-pyrrole nitrogens is 1. The molecule has 0 amide bonds. The standard InChI is InChI=1S/C36H38N4O4/c1-3-4-14-33-32(23-25-15-17-26(18-16-25)30-12-8-9-13-31(30)34-38-36(42)44-39-34)35(41)40(24(2)37-33)27-19-21-29(22-20-27)43-28-10-6-5-7-11-28/h8-9,12-13,15-22,28H,3-7,10-11,14,23H2,1-2H3,(H,38,39,42). The summed E-state index contributed by atoms with van der Waals surface area (Å²) in [5, 5.41) is 3.87. The highest BCUT2D eigenvalue weighted by Crippen LogP contribution is 2.30. The summed E-state index contributed by atoms with van der Waals surface area (Å²) >= 11 is 0. The lowest BCUT2D eigenvalue weighted by Gasteiger charge is -2.23. The first-order chi connectivity index (χ1) is 21.5. The summed E-state index contributed by atoms with van der Waals surface area (Å²) in [7, 11) is 0. The van der Waals surface area contributed by atoms with E-state index in [2.05, 4.69) is 17.1 Å². The van der Waals surface area contributed by atoms with Gasteiger partial charge in [-0.25, -0.2) is 9.78 Å². The molecule has 1 saturated carbocycles. The number of rotatable bonds is 10. The Morgan fingerprint density at radius 1 is 0.932 bits per heavy atom. The molecule has 0 radical (unpaired) electrons. The molecule has 8 nitrogen and oxygen atoms in total. The van der Waals surface area contributed by atoms with Crippen molar-refractivity contribution in [3.05, 3.63) is 116 Å². The van der Waals surface area contributed by atoms with E-state index in [-0.39, 0.29) is 11.7 Å². The van der Waals surface area contributed by atoms with E-state index in [1.54, 1.807) is 4.57 Å². The Labute approximate surface area is 256 Å². The second kappa shape index (κ2) is 13.3. The number of ether oxygens (including phenoxy) is 1. The molecule has 2 heterocycles. The van der Waals surface area contributed by atoms with Crippen LogP contribution in [0, 0.1) is 6.92 Å². The summed E-state index contributed by atoms with van der Waals surface area (Å²) in [4.78, 5) is 33.3. The highest BCUT2D eigenvalue weighted by Gasteiger charge is 2.18. The van der Waals surface area contributed by atoms with Crippen LogP contribution in [0.3, 0.4) is 0 Å². The first-order valence-electron chi connectivity index (χ1n) is 15.6. The Balaban J connectivity index is 1.29. The van der Waals surface area contributed by atoms with E-state index in [1.165, 1.54) is 19.3 Å². The van der Waals surface area contributed by atoms with Gasteiger partial charge in [0, 0.05) is 17.5 Å². The van der Waals surface area contributed by atoms with Crippen molar-refractivity contribution in [1.82, 2.24) is 19.7 Å². The molecule has 0 unspecified atom stereocenters. The van der Waals surface area contributed by atoms with Gasteiger partial charge in [0.2, 0.25) is 0 Å². The summed E-state index contributed by atoms with van der Waals surface area (Å²) < 4.78 is 12.7. The van der Waals surface area contributed by atoms with E-state index in [0.717, 1.165) is 77.1 Å². The number of unbranched alkanes of at least 4 members (excludes halogenated alkanes) is 1. The number of hydrogen-bond acceptors (Lipinski definition) is 6. The molecule has 1 N–H and O–H groups in total. The molecule has 1 fully saturated rings. The lowest BCUT2D eigenvalue weighted by atomic mass is 9.96. The number of aromatic nitrogens is 4. The number of nitrogens with one attached hydrogen (secondary N) is 1. The van der Waals surface area contributed by atoms with Crippen molar-refractivity contribution in [1.29, 1.82) is 0 Å². The van der Waals surface area contributed by atoms with Crippen LogP contribution in [0.25, 0.3) is 28.2 Å². The van der Waals surface area contributed by atoms with Gasteiger partial charge in [0.15, 0.2) is 5.82 Å². The number of nitrogens with zero attached hydrogens (tertiary/aromatic N) is 3. The Bertz CT molecular complexity index is 1830. The number of aryl methyl sites for hydroxylation is 2. The second-order valence-corrected chi connectivity index (χ2v) is 11.6. The zero-order chi connectivity index (χ0) is 30.5. The molecular formula is C36H38N4O4. The van der Waals surface area contributed by atoms with Crippen LogP contribution in [0.5, 0.6) is 5.75 Å². The normalized spacial score (nSPS) is 13.7. The van der Waals surface area contributed by atoms with Crippen LogP contribution in [-0.4, -0.2) is 25.8 Å². The Hall–Kier alpha value is -4.72. The van der Waals surface area contributed by atoms with Crippen molar-refractivity contribution in [3.63, 3.8) is 0 Å². The SMILES string of the molecule is CCCCc1nc(C)n(-c2ccc(OC3CCCCC3)cc2)c(=O)c1Cc1ccc(-c2ccccc2-c2noc(=O)[nH]2)cc1. The van der Waals surface area contributed by atoms with Crippen LogP contribution >= 0.6 is 0 Å². The third-order valence-corrected chi connectivity index (χ3v) is 8.42. The Kier molecular flexibility index (Phi) is 8.86. The van der Waals surface area contributed by atoms with Gasteiger partial charge in [-0.1, -0.05) is 73.5 Å². The van der Waals surface area contributed by atoms with Crippen LogP contribution in [0.1, 0.15) is 74.5 Å². The van der Waals surface area contributed by atoms with Gasteiger partial charge in [0.05, 0.1) is 17.5 Å². The first kappa shape index (κ1) is 29.4. The molecule has 0 saturated heterocycles. The topological polar surface area (TPSA) is 103 Å². The summed E-state index contributed by atoms with van der Waals surface area (Å²) in [5.41, 5.74) is 6.02. The van der Waals surface area contributed by atoms with E-state index in [0.29, 0.717) is 18.1 Å². The molecule has 2 aromatic heterocycles. The lowest BCUT2D eigenvalue weighted by molar-refractivity contribution is 0.155.